The van der Waals surface area contributed by atoms with Crippen LogP contribution in [0.1, 0.15) is 57.2 Å². The summed E-state index contributed by atoms with van der Waals surface area (Å²) in [4.78, 5) is 11.8. The van der Waals surface area contributed by atoms with Crippen molar-refractivity contribution in [2.75, 3.05) is 0 Å². The fraction of sp³-hybridized carbons (Fsp3) is 0.435. The Kier molecular flexibility index (Phi) is 6.84. The first-order valence-electron chi connectivity index (χ1n) is 9.38. The van der Waals surface area contributed by atoms with E-state index >= 15 is 0 Å². The van der Waals surface area contributed by atoms with E-state index in [4.69, 9.17) is 4.74 Å². The number of carboxylic acids is 1. The van der Waals surface area contributed by atoms with Crippen LogP contribution in [0.4, 0.5) is 0 Å². The molecule has 0 aromatic heterocycles. The Labute approximate surface area is 157 Å². The van der Waals surface area contributed by atoms with E-state index in [1.165, 1.54) is 18.4 Å². The second-order valence-electron chi connectivity index (χ2n) is 7.82. The first-order valence-corrected chi connectivity index (χ1v) is 9.38. The predicted octanol–water partition coefficient (Wildman–Crippen LogP) is 5.40. The zero-order valence-electron chi connectivity index (χ0n) is 16.3. The molecule has 140 valence electrons. The highest BCUT2D eigenvalue weighted by atomic mass is 16.5. The molecule has 0 aliphatic carbocycles. The number of carbonyl (C=O) groups is 1. The molecule has 2 aromatic carbocycles. The van der Waals surface area contributed by atoms with Gasteiger partial charge in [0.1, 0.15) is 5.75 Å². The molecular formula is C23H30O3. The lowest BCUT2D eigenvalue weighted by atomic mass is 9.86. The van der Waals surface area contributed by atoms with Crippen LogP contribution in [-0.4, -0.2) is 17.2 Å². The third-order valence-electron chi connectivity index (χ3n) is 4.50. The Balaban J connectivity index is 2.14. The van der Waals surface area contributed by atoms with Gasteiger partial charge in [-0.15, -0.1) is 0 Å². The average molecular weight is 354 g/mol. The van der Waals surface area contributed by atoms with E-state index < -0.39 is 12.1 Å². The van der Waals surface area contributed by atoms with E-state index in [2.05, 4.69) is 39.8 Å². The molecule has 0 amide bonds. The van der Waals surface area contributed by atoms with E-state index in [0.29, 0.717) is 12.2 Å². The number of benzene rings is 2. The van der Waals surface area contributed by atoms with Crippen molar-refractivity contribution in [2.45, 2.75) is 64.9 Å². The molecule has 2 rings (SSSR count). The number of carboxylic acid groups (broad SMARTS) is 1. The van der Waals surface area contributed by atoms with Crippen molar-refractivity contribution in [3.63, 3.8) is 0 Å². The highest BCUT2D eigenvalue weighted by Gasteiger charge is 2.24. The molecule has 3 heteroatoms. The normalized spacial score (nSPS) is 12.6. The molecule has 2 aromatic rings. The molecule has 3 nitrogen and oxygen atoms in total. The summed E-state index contributed by atoms with van der Waals surface area (Å²) >= 11 is 0. The number of hydrogen-bond acceptors (Lipinski definition) is 2. The van der Waals surface area contributed by atoms with Gasteiger partial charge in [0.25, 0.3) is 0 Å². The monoisotopic (exact) mass is 354 g/mol. The number of ether oxygens (including phenoxy) is 1. The van der Waals surface area contributed by atoms with E-state index in [-0.39, 0.29) is 5.41 Å². The van der Waals surface area contributed by atoms with Gasteiger partial charge in [-0.2, -0.15) is 0 Å². The predicted molar refractivity (Wildman–Crippen MR) is 106 cm³/mol. The molecule has 0 fully saturated rings. The van der Waals surface area contributed by atoms with Crippen LogP contribution in [-0.2, 0) is 23.1 Å². The van der Waals surface area contributed by atoms with Gasteiger partial charge in [-0.1, -0.05) is 76.6 Å². The number of aryl methyl sites for hydroxylation is 1. The minimum atomic E-state index is -0.941. The van der Waals surface area contributed by atoms with Gasteiger partial charge in [0.05, 0.1) is 0 Å². The van der Waals surface area contributed by atoms with E-state index in [1.807, 2.05) is 36.4 Å². The third-order valence-corrected chi connectivity index (χ3v) is 4.50. The summed E-state index contributed by atoms with van der Waals surface area (Å²) in [6, 6.07) is 15.9. The molecule has 0 bridgehead atoms. The first kappa shape index (κ1) is 20.0. The SMILES string of the molecule is CCCCc1ccc(C[C@@H](Oc2ccccc2C(C)(C)C)C(=O)O)cc1. The van der Waals surface area contributed by atoms with Crippen LogP contribution < -0.4 is 4.74 Å². The molecule has 26 heavy (non-hydrogen) atoms. The molecule has 0 radical (unpaired) electrons. The summed E-state index contributed by atoms with van der Waals surface area (Å²) < 4.78 is 5.93. The third kappa shape index (κ3) is 5.62. The van der Waals surface area contributed by atoms with Crippen molar-refractivity contribution >= 4 is 5.97 Å². The Morgan fingerprint density at radius 2 is 1.65 bits per heavy atom. The van der Waals surface area contributed by atoms with Crippen LogP contribution in [0.25, 0.3) is 0 Å². The Morgan fingerprint density at radius 1 is 1.04 bits per heavy atom. The van der Waals surface area contributed by atoms with Crippen molar-refractivity contribution in [1.29, 1.82) is 0 Å². The summed E-state index contributed by atoms with van der Waals surface area (Å²) in [6.45, 7) is 8.47. The minimum Gasteiger partial charge on any atom is -0.478 e. The summed E-state index contributed by atoms with van der Waals surface area (Å²) in [7, 11) is 0. The van der Waals surface area contributed by atoms with Gasteiger partial charge in [-0.3, -0.25) is 0 Å². The quantitative estimate of drug-likeness (QED) is 0.690. The number of aliphatic carboxylic acids is 1. The van der Waals surface area contributed by atoms with Crippen LogP contribution in [0.15, 0.2) is 48.5 Å². The molecule has 0 spiro atoms. The average Bonchev–Trinajstić information content (AvgIpc) is 2.60. The van der Waals surface area contributed by atoms with Gasteiger partial charge in [0, 0.05) is 6.42 Å². The number of para-hydroxylation sites is 1. The van der Waals surface area contributed by atoms with Crippen LogP contribution in [0.2, 0.25) is 0 Å². The summed E-state index contributed by atoms with van der Waals surface area (Å²) in [5.74, 6) is -0.296. The molecule has 0 aliphatic rings. The van der Waals surface area contributed by atoms with Gasteiger partial charge in [0.2, 0.25) is 0 Å². The van der Waals surface area contributed by atoms with Crippen molar-refractivity contribution in [1.82, 2.24) is 0 Å². The zero-order chi connectivity index (χ0) is 19.2. The molecule has 0 heterocycles. The zero-order valence-corrected chi connectivity index (χ0v) is 16.3. The topological polar surface area (TPSA) is 46.5 Å². The van der Waals surface area contributed by atoms with E-state index in [0.717, 1.165) is 17.5 Å². The lowest BCUT2D eigenvalue weighted by Gasteiger charge is -2.24. The fourth-order valence-corrected chi connectivity index (χ4v) is 2.96. The van der Waals surface area contributed by atoms with Crippen LogP contribution >= 0.6 is 0 Å². The maximum Gasteiger partial charge on any atom is 0.345 e. The Hall–Kier alpha value is -2.29. The number of hydrogen-bond donors (Lipinski definition) is 1. The second kappa shape index (κ2) is 8.88. The molecule has 1 N–H and O–H groups in total. The summed E-state index contributed by atoms with van der Waals surface area (Å²) in [5, 5.41) is 9.64. The van der Waals surface area contributed by atoms with Gasteiger partial charge < -0.3 is 9.84 Å². The first-order chi connectivity index (χ1) is 12.3. The van der Waals surface area contributed by atoms with Crippen molar-refractivity contribution in [3.8, 4) is 5.75 Å². The van der Waals surface area contributed by atoms with E-state index in [1.54, 1.807) is 0 Å². The highest BCUT2D eigenvalue weighted by Crippen LogP contribution is 2.32. The van der Waals surface area contributed by atoms with Gasteiger partial charge in [-0.25, -0.2) is 4.79 Å². The van der Waals surface area contributed by atoms with Gasteiger partial charge in [0.15, 0.2) is 6.10 Å². The van der Waals surface area contributed by atoms with Gasteiger partial charge >= 0.3 is 5.97 Å². The van der Waals surface area contributed by atoms with Crippen LogP contribution in [0, 0.1) is 0 Å². The highest BCUT2D eigenvalue weighted by molar-refractivity contribution is 5.73. The van der Waals surface area contributed by atoms with E-state index in [9.17, 15) is 9.90 Å². The standard InChI is InChI=1S/C23H30O3/c1-5-6-9-17-12-14-18(15-13-17)16-21(22(24)25)26-20-11-8-7-10-19(20)23(2,3)4/h7-8,10-15,21H,5-6,9,16H2,1-4H3,(H,24,25)/t21-/m1/s1. The largest absolute Gasteiger partial charge is 0.478 e. The van der Waals surface area contributed by atoms with Crippen LogP contribution in [0.5, 0.6) is 5.75 Å². The molecule has 0 saturated heterocycles. The molecular weight excluding hydrogens is 324 g/mol. The number of unbranched alkanes of at least 4 members (excludes halogenated alkanes) is 1. The lowest BCUT2D eigenvalue weighted by molar-refractivity contribution is -0.145. The summed E-state index contributed by atoms with van der Waals surface area (Å²) in [6.07, 6.45) is 2.85. The Morgan fingerprint density at radius 3 is 2.23 bits per heavy atom. The van der Waals surface area contributed by atoms with Gasteiger partial charge in [-0.05, 0) is 41.0 Å². The summed E-state index contributed by atoms with van der Waals surface area (Å²) in [5.41, 5.74) is 3.18. The smallest absolute Gasteiger partial charge is 0.345 e. The van der Waals surface area contributed by atoms with Crippen molar-refractivity contribution in [3.05, 3.63) is 65.2 Å². The molecule has 1 atom stereocenters. The molecule has 0 aliphatic heterocycles. The molecule has 0 unspecified atom stereocenters. The van der Waals surface area contributed by atoms with Crippen molar-refractivity contribution in [2.24, 2.45) is 0 Å². The Bertz CT molecular complexity index is 711. The van der Waals surface area contributed by atoms with Crippen LogP contribution in [0.3, 0.4) is 0 Å². The molecule has 0 saturated carbocycles. The second-order valence-corrected chi connectivity index (χ2v) is 7.82. The maximum absolute atomic E-state index is 11.8. The van der Waals surface area contributed by atoms with Crippen molar-refractivity contribution < 1.29 is 14.6 Å². The fourth-order valence-electron chi connectivity index (χ4n) is 2.96. The number of rotatable bonds is 8. The maximum atomic E-state index is 11.8. The lowest BCUT2D eigenvalue weighted by Crippen LogP contribution is -2.30. The minimum absolute atomic E-state index is 0.111.